The van der Waals surface area contributed by atoms with E-state index in [4.69, 9.17) is 4.74 Å². The topological polar surface area (TPSA) is 26.3 Å². The van der Waals surface area contributed by atoms with Crippen LogP contribution in [-0.4, -0.2) is 12.6 Å². The molecule has 0 bridgehead atoms. The summed E-state index contributed by atoms with van der Waals surface area (Å²) >= 11 is 0. The molecule has 0 aromatic rings. The number of rotatable bonds is 3. The van der Waals surface area contributed by atoms with Crippen molar-refractivity contribution < 1.29 is 9.53 Å². The quantitative estimate of drug-likeness (QED) is 0.431. The van der Waals surface area contributed by atoms with E-state index in [0.29, 0.717) is 12.5 Å². The van der Waals surface area contributed by atoms with Crippen LogP contribution in [0.1, 0.15) is 53.4 Å². The average molecular weight is 262 g/mol. The highest BCUT2D eigenvalue weighted by molar-refractivity contribution is 5.87. The van der Waals surface area contributed by atoms with E-state index >= 15 is 0 Å². The average Bonchev–Trinajstić information content (AvgIpc) is 2.76. The molecule has 0 amide bonds. The molecule has 2 aliphatic carbocycles. The summed E-state index contributed by atoms with van der Waals surface area (Å²) in [6.45, 7) is 8.84. The fourth-order valence-electron chi connectivity index (χ4n) is 3.76. The van der Waals surface area contributed by atoms with Crippen LogP contribution in [0.15, 0.2) is 22.8 Å². The fraction of sp³-hybridized carbons (Fsp3) is 0.706. The van der Waals surface area contributed by atoms with Gasteiger partial charge in [-0.05, 0) is 64.2 Å². The summed E-state index contributed by atoms with van der Waals surface area (Å²) in [7, 11) is 0. The molecular weight excluding hydrogens is 236 g/mol. The zero-order chi connectivity index (χ0) is 14.0. The number of hydrogen-bond donors (Lipinski definition) is 0. The maximum atomic E-state index is 11.7. The number of fused-ring (bicyclic) bond motifs is 1. The number of esters is 1. The van der Waals surface area contributed by atoms with Gasteiger partial charge in [-0.25, -0.2) is 4.79 Å². The Balaban J connectivity index is 2.18. The van der Waals surface area contributed by atoms with E-state index in [1.54, 1.807) is 11.1 Å². The lowest BCUT2D eigenvalue weighted by atomic mass is 9.71. The molecule has 2 nitrogen and oxygen atoms in total. The number of allylic oxidation sites excluding steroid dienone is 3. The van der Waals surface area contributed by atoms with Gasteiger partial charge in [0.05, 0.1) is 6.61 Å². The van der Waals surface area contributed by atoms with Crippen LogP contribution in [-0.2, 0) is 9.53 Å². The van der Waals surface area contributed by atoms with Gasteiger partial charge in [0, 0.05) is 5.57 Å². The van der Waals surface area contributed by atoms with Gasteiger partial charge in [-0.15, -0.1) is 0 Å². The molecule has 1 fully saturated rings. The predicted molar refractivity (Wildman–Crippen MR) is 77.7 cm³/mol. The van der Waals surface area contributed by atoms with Crippen molar-refractivity contribution in [2.45, 2.75) is 53.4 Å². The fourth-order valence-corrected chi connectivity index (χ4v) is 3.76. The summed E-state index contributed by atoms with van der Waals surface area (Å²) in [5.74, 6) is 1.87. The van der Waals surface area contributed by atoms with Crippen LogP contribution < -0.4 is 0 Å². The van der Waals surface area contributed by atoms with E-state index in [-0.39, 0.29) is 5.97 Å². The Morgan fingerprint density at radius 3 is 2.79 bits per heavy atom. The SMILES string of the molecule is CCOC(=O)C(C)=CC1CCC(C)C2CCC(C)=C12. The highest BCUT2D eigenvalue weighted by Crippen LogP contribution is 2.48. The number of carbonyl (C=O) groups excluding carboxylic acids is 1. The van der Waals surface area contributed by atoms with Gasteiger partial charge >= 0.3 is 5.97 Å². The first-order chi connectivity index (χ1) is 9.04. The monoisotopic (exact) mass is 262 g/mol. The van der Waals surface area contributed by atoms with E-state index in [9.17, 15) is 4.79 Å². The number of carbonyl (C=O) groups is 1. The Labute approximate surface area is 116 Å². The molecule has 106 valence electrons. The van der Waals surface area contributed by atoms with Crippen molar-refractivity contribution >= 4 is 5.97 Å². The van der Waals surface area contributed by atoms with Crippen LogP contribution >= 0.6 is 0 Å². The lowest BCUT2D eigenvalue weighted by Gasteiger charge is -2.34. The smallest absolute Gasteiger partial charge is 0.333 e. The summed E-state index contributed by atoms with van der Waals surface area (Å²) in [5, 5.41) is 0. The minimum atomic E-state index is -0.158. The third-order valence-corrected chi connectivity index (χ3v) is 4.79. The van der Waals surface area contributed by atoms with Gasteiger partial charge in [0.15, 0.2) is 0 Å². The van der Waals surface area contributed by atoms with Crippen molar-refractivity contribution in [2.24, 2.45) is 17.8 Å². The zero-order valence-corrected chi connectivity index (χ0v) is 12.7. The van der Waals surface area contributed by atoms with E-state index < -0.39 is 0 Å². The minimum absolute atomic E-state index is 0.158. The van der Waals surface area contributed by atoms with Crippen LogP contribution in [0.3, 0.4) is 0 Å². The Kier molecular flexibility index (Phi) is 4.49. The summed E-state index contributed by atoms with van der Waals surface area (Å²) < 4.78 is 5.08. The summed E-state index contributed by atoms with van der Waals surface area (Å²) in [6.07, 6.45) is 7.17. The first kappa shape index (κ1) is 14.4. The van der Waals surface area contributed by atoms with E-state index in [2.05, 4.69) is 19.9 Å². The third-order valence-electron chi connectivity index (χ3n) is 4.79. The van der Waals surface area contributed by atoms with Gasteiger partial charge in [0.2, 0.25) is 0 Å². The van der Waals surface area contributed by atoms with Gasteiger partial charge < -0.3 is 4.74 Å². The molecular formula is C17H26O2. The Morgan fingerprint density at radius 1 is 1.37 bits per heavy atom. The summed E-state index contributed by atoms with van der Waals surface area (Å²) in [6, 6.07) is 0. The van der Waals surface area contributed by atoms with Crippen molar-refractivity contribution in [3.63, 3.8) is 0 Å². The molecule has 2 aliphatic rings. The molecule has 0 aliphatic heterocycles. The van der Waals surface area contributed by atoms with Crippen molar-refractivity contribution in [2.75, 3.05) is 6.61 Å². The van der Waals surface area contributed by atoms with Crippen LogP contribution in [0, 0.1) is 17.8 Å². The van der Waals surface area contributed by atoms with Crippen molar-refractivity contribution in [3.05, 3.63) is 22.8 Å². The molecule has 0 heterocycles. The Bertz CT molecular complexity index is 417. The lowest BCUT2D eigenvalue weighted by molar-refractivity contribution is -0.138. The van der Waals surface area contributed by atoms with E-state index in [0.717, 1.165) is 17.4 Å². The second kappa shape index (κ2) is 5.94. The van der Waals surface area contributed by atoms with Crippen LogP contribution in [0.2, 0.25) is 0 Å². The molecule has 0 radical (unpaired) electrons. The van der Waals surface area contributed by atoms with E-state index in [1.165, 1.54) is 25.7 Å². The first-order valence-electron chi connectivity index (χ1n) is 7.59. The molecule has 0 saturated heterocycles. The first-order valence-corrected chi connectivity index (χ1v) is 7.59. The molecule has 0 aromatic heterocycles. The molecule has 0 aromatic carbocycles. The van der Waals surface area contributed by atoms with Crippen LogP contribution in [0.5, 0.6) is 0 Å². The zero-order valence-electron chi connectivity index (χ0n) is 12.7. The molecule has 2 rings (SSSR count). The Hall–Kier alpha value is -1.05. The Morgan fingerprint density at radius 2 is 2.11 bits per heavy atom. The molecule has 3 unspecified atom stereocenters. The molecule has 0 spiro atoms. The minimum Gasteiger partial charge on any atom is -0.463 e. The van der Waals surface area contributed by atoms with Crippen LogP contribution in [0.4, 0.5) is 0 Å². The maximum Gasteiger partial charge on any atom is 0.333 e. The summed E-state index contributed by atoms with van der Waals surface area (Å²) in [5.41, 5.74) is 3.96. The normalized spacial score (nSPS) is 31.4. The summed E-state index contributed by atoms with van der Waals surface area (Å²) in [4.78, 5) is 11.7. The lowest BCUT2D eigenvalue weighted by Crippen LogP contribution is -2.23. The molecule has 1 saturated carbocycles. The molecule has 0 N–H and O–H groups in total. The third kappa shape index (κ3) is 2.93. The maximum absolute atomic E-state index is 11.7. The van der Waals surface area contributed by atoms with E-state index in [1.807, 2.05) is 13.8 Å². The predicted octanol–water partition coefficient (Wildman–Crippen LogP) is 4.27. The molecule has 19 heavy (non-hydrogen) atoms. The van der Waals surface area contributed by atoms with Gasteiger partial charge in [-0.2, -0.15) is 0 Å². The highest BCUT2D eigenvalue weighted by atomic mass is 16.5. The second-order valence-electron chi connectivity index (χ2n) is 6.11. The standard InChI is InChI=1S/C17H26O2/c1-5-19-17(18)13(4)10-14-8-6-11(2)15-9-7-12(3)16(14)15/h10-11,14-15H,5-9H2,1-4H3. The molecule has 2 heteroatoms. The number of hydrogen-bond acceptors (Lipinski definition) is 2. The van der Waals surface area contributed by atoms with Gasteiger partial charge in [0.25, 0.3) is 0 Å². The van der Waals surface area contributed by atoms with Crippen molar-refractivity contribution in [1.82, 2.24) is 0 Å². The van der Waals surface area contributed by atoms with Gasteiger partial charge in [0.1, 0.15) is 0 Å². The van der Waals surface area contributed by atoms with Gasteiger partial charge in [-0.3, -0.25) is 0 Å². The van der Waals surface area contributed by atoms with Crippen molar-refractivity contribution in [3.8, 4) is 0 Å². The highest BCUT2D eigenvalue weighted by Gasteiger charge is 2.36. The van der Waals surface area contributed by atoms with Gasteiger partial charge in [-0.1, -0.05) is 24.1 Å². The van der Waals surface area contributed by atoms with Crippen LogP contribution in [0.25, 0.3) is 0 Å². The van der Waals surface area contributed by atoms with Crippen molar-refractivity contribution in [1.29, 1.82) is 0 Å². The largest absolute Gasteiger partial charge is 0.463 e. The number of ether oxygens (including phenoxy) is 1. The molecule has 3 atom stereocenters. The second-order valence-corrected chi connectivity index (χ2v) is 6.11.